The lowest BCUT2D eigenvalue weighted by atomic mass is 9.99. The molecule has 1 unspecified atom stereocenters. The van der Waals surface area contributed by atoms with Crippen molar-refractivity contribution in [1.82, 2.24) is 5.32 Å². The Kier molecular flexibility index (Phi) is 8.95. The number of carbonyl (C=O) groups is 1. The van der Waals surface area contributed by atoms with E-state index in [9.17, 15) is 4.79 Å². The highest BCUT2D eigenvalue weighted by atomic mass is 16.1. The Bertz CT molecular complexity index is 145. The van der Waals surface area contributed by atoms with Crippen LogP contribution in [0.1, 0.15) is 52.9 Å². The van der Waals surface area contributed by atoms with Crippen molar-refractivity contribution >= 4 is 5.78 Å². The molecule has 0 fully saturated rings. The largest absolute Gasteiger partial charge is 0.316 e. The fourth-order valence-corrected chi connectivity index (χ4v) is 1.55. The molecule has 0 aromatic heterocycles. The van der Waals surface area contributed by atoms with Crippen LogP contribution in [0.25, 0.3) is 0 Å². The zero-order chi connectivity index (χ0) is 10.8. The first-order valence-corrected chi connectivity index (χ1v) is 5.99. The minimum Gasteiger partial charge on any atom is -0.316 e. The Morgan fingerprint density at radius 1 is 1.21 bits per heavy atom. The predicted molar refractivity (Wildman–Crippen MR) is 61.5 cm³/mol. The standard InChI is InChI=1S/C12H25NO/c1-4-7-8-9-13-10-11(5-2)12(14)6-3/h11,13H,4-10H2,1-3H3. The van der Waals surface area contributed by atoms with Crippen LogP contribution in [0, 0.1) is 5.92 Å². The van der Waals surface area contributed by atoms with Crippen LogP contribution in [0.15, 0.2) is 0 Å². The summed E-state index contributed by atoms with van der Waals surface area (Å²) >= 11 is 0. The maximum Gasteiger partial charge on any atom is 0.136 e. The summed E-state index contributed by atoms with van der Waals surface area (Å²) in [6.45, 7) is 8.16. The fourth-order valence-electron chi connectivity index (χ4n) is 1.55. The van der Waals surface area contributed by atoms with Crippen molar-refractivity contribution in [2.24, 2.45) is 5.92 Å². The quantitative estimate of drug-likeness (QED) is 0.579. The van der Waals surface area contributed by atoms with Gasteiger partial charge in [0.15, 0.2) is 0 Å². The molecule has 1 N–H and O–H groups in total. The van der Waals surface area contributed by atoms with Crippen molar-refractivity contribution in [1.29, 1.82) is 0 Å². The molecule has 0 radical (unpaired) electrons. The minimum atomic E-state index is 0.238. The van der Waals surface area contributed by atoms with E-state index in [2.05, 4.69) is 19.2 Å². The first kappa shape index (κ1) is 13.6. The van der Waals surface area contributed by atoms with Gasteiger partial charge in [-0.2, -0.15) is 0 Å². The van der Waals surface area contributed by atoms with Gasteiger partial charge >= 0.3 is 0 Å². The van der Waals surface area contributed by atoms with Crippen molar-refractivity contribution in [2.45, 2.75) is 52.9 Å². The van der Waals surface area contributed by atoms with Crippen LogP contribution >= 0.6 is 0 Å². The number of nitrogens with one attached hydrogen (secondary N) is 1. The summed E-state index contributed by atoms with van der Waals surface area (Å²) in [6, 6.07) is 0. The number of Topliss-reactive ketones (excluding diaryl/α,β-unsaturated/α-hetero) is 1. The predicted octanol–water partition coefficient (Wildman–Crippen LogP) is 2.77. The van der Waals surface area contributed by atoms with Crippen LogP contribution in [0.5, 0.6) is 0 Å². The second-order valence-electron chi connectivity index (χ2n) is 3.84. The summed E-state index contributed by atoms with van der Waals surface area (Å²) in [5.41, 5.74) is 0. The average molecular weight is 199 g/mol. The summed E-state index contributed by atoms with van der Waals surface area (Å²) in [7, 11) is 0. The molecule has 2 heteroatoms. The van der Waals surface area contributed by atoms with Crippen LogP contribution in [0.2, 0.25) is 0 Å². The molecule has 0 rings (SSSR count). The summed E-state index contributed by atoms with van der Waals surface area (Å²) in [4.78, 5) is 11.4. The summed E-state index contributed by atoms with van der Waals surface area (Å²) in [5.74, 6) is 0.636. The molecule has 0 aromatic rings. The normalized spacial score (nSPS) is 12.8. The minimum absolute atomic E-state index is 0.238. The van der Waals surface area contributed by atoms with Crippen molar-refractivity contribution in [2.75, 3.05) is 13.1 Å². The number of hydrogen-bond donors (Lipinski definition) is 1. The molecule has 0 saturated carbocycles. The van der Waals surface area contributed by atoms with Gasteiger partial charge in [0.25, 0.3) is 0 Å². The Morgan fingerprint density at radius 3 is 2.43 bits per heavy atom. The van der Waals surface area contributed by atoms with Gasteiger partial charge in [-0.15, -0.1) is 0 Å². The monoisotopic (exact) mass is 199 g/mol. The Labute approximate surface area is 88.5 Å². The number of rotatable bonds is 9. The molecule has 0 amide bonds. The first-order chi connectivity index (χ1) is 6.76. The van der Waals surface area contributed by atoms with E-state index >= 15 is 0 Å². The van der Waals surface area contributed by atoms with Gasteiger partial charge < -0.3 is 5.32 Å². The average Bonchev–Trinajstić information content (AvgIpc) is 2.22. The van der Waals surface area contributed by atoms with E-state index in [1.54, 1.807) is 0 Å². The lowest BCUT2D eigenvalue weighted by molar-refractivity contribution is -0.122. The zero-order valence-corrected chi connectivity index (χ0v) is 9.94. The van der Waals surface area contributed by atoms with Crippen LogP contribution in [0.4, 0.5) is 0 Å². The summed E-state index contributed by atoms with van der Waals surface area (Å²) in [5, 5.41) is 3.37. The molecule has 0 aliphatic rings. The van der Waals surface area contributed by atoms with Crippen LogP contribution < -0.4 is 5.32 Å². The van der Waals surface area contributed by atoms with E-state index in [1.165, 1.54) is 19.3 Å². The van der Waals surface area contributed by atoms with Crippen molar-refractivity contribution in [3.63, 3.8) is 0 Å². The molecule has 0 aliphatic heterocycles. The summed E-state index contributed by atoms with van der Waals surface area (Å²) in [6.07, 6.45) is 5.41. The lowest BCUT2D eigenvalue weighted by Crippen LogP contribution is -2.28. The summed E-state index contributed by atoms with van der Waals surface area (Å²) < 4.78 is 0. The molecule has 0 aliphatic carbocycles. The Morgan fingerprint density at radius 2 is 1.93 bits per heavy atom. The third-order valence-electron chi connectivity index (χ3n) is 2.64. The molecular formula is C12H25NO. The zero-order valence-electron chi connectivity index (χ0n) is 9.94. The molecule has 2 nitrogen and oxygen atoms in total. The van der Waals surface area contributed by atoms with E-state index < -0.39 is 0 Å². The highest BCUT2D eigenvalue weighted by Gasteiger charge is 2.12. The van der Waals surface area contributed by atoms with Crippen LogP contribution in [-0.2, 0) is 4.79 Å². The molecule has 1 atom stereocenters. The van der Waals surface area contributed by atoms with Crippen LogP contribution in [-0.4, -0.2) is 18.9 Å². The number of hydrogen-bond acceptors (Lipinski definition) is 2. The molecule has 0 aromatic carbocycles. The number of unbranched alkanes of at least 4 members (excludes halogenated alkanes) is 2. The molecule has 84 valence electrons. The third kappa shape index (κ3) is 6.14. The van der Waals surface area contributed by atoms with E-state index in [0.717, 1.165) is 19.5 Å². The SMILES string of the molecule is CCCCCNCC(CC)C(=O)CC. The second-order valence-corrected chi connectivity index (χ2v) is 3.84. The van der Waals surface area contributed by atoms with E-state index in [0.29, 0.717) is 12.2 Å². The Hall–Kier alpha value is -0.370. The highest BCUT2D eigenvalue weighted by molar-refractivity contribution is 5.80. The maximum atomic E-state index is 11.4. The molecule has 0 heterocycles. The van der Waals surface area contributed by atoms with E-state index in [4.69, 9.17) is 0 Å². The van der Waals surface area contributed by atoms with Gasteiger partial charge in [-0.25, -0.2) is 0 Å². The van der Waals surface area contributed by atoms with E-state index in [1.807, 2.05) is 6.92 Å². The fraction of sp³-hybridized carbons (Fsp3) is 0.917. The van der Waals surface area contributed by atoms with Crippen molar-refractivity contribution in [3.8, 4) is 0 Å². The third-order valence-corrected chi connectivity index (χ3v) is 2.64. The number of carbonyl (C=O) groups excluding carboxylic acids is 1. The van der Waals surface area contributed by atoms with E-state index in [-0.39, 0.29) is 5.92 Å². The Balaban J connectivity index is 3.48. The van der Waals surface area contributed by atoms with Gasteiger partial charge in [0, 0.05) is 18.9 Å². The first-order valence-electron chi connectivity index (χ1n) is 5.99. The molecular weight excluding hydrogens is 174 g/mol. The second kappa shape index (κ2) is 9.20. The molecule has 0 spiro atoms. The topological polar surface area (TPSA) is 29.1 Å². The van der Waals surface area contributed by atoms with Gasteiger partial charge in [0.05, 0.1) is 0 Å². The van der Waals surface area contributed by atoms with Gasteiger partial charge in [-0.05, 0) is 19.4 Å². The van der Waals surface area contributed by atoms with Gasteiger partial charge in [-0.3, -0.25) is 4.79 Å². The van der Waals surface area contributed by atoms with Crippen molar-refractivity contribution in [3.05, 3.63) is 0 Å². The van der Waals surface area contributed by atoms with Crippen LogP contribution in [0.3, 0.4) is 0 Å². The molecule has 0 bridgehead atoms. The molecule has 14 heavy (non-hydrogen) atoms. The lowest BCUT2D eigenvalue weighted by Gasteiger charge is -2.13. The highest BCUT2D eigenvalue weighted by Crippen LogP contribution is 2.05. The maximum absolute atomic E-state index is 11.4. The van der Waals surface area contributed by atoms with Gasteiger partial charge in [-0.1, -0.05) is 33.6 Å². The van der Waals surface area contributed by atoms with Gasteiger partial charge in [0.1, 0.15) is 5.78 Å². The van der Waals surface area contributed by atoms with Gasteiger partial charge in [0.2, 0.25) is 0 Å². The van der Waals surface area contributed by atoms with Crippen molar-refractivity contribution < 1.29 is 4.79 Å². The smallest absolute Gasteiger partial charge is 0.136 e. The number of ketones is 1. The molecule has 0 saturated heterocycles.